The van der Waals surface area contributed by atoms with Gasteiger partial charge in [-0.15, -0.1) is 0 Å². The number of amides is 1. The Labute approximate surface area is 110 Å². The average Bonchev–Trinajstić information content (AvgIpc) is 2.57. The van der Waals surface area contributed by atoms with Crippen molar-refractivity contribution in [2.45, 2.75) is 51.6 Å². The highest BCUT2D eigenvalue weighted by Gasteiger charge is 2.38. The first kappa shape index (κ1) is 13.8. The van der Waals surface area contributed by atoms with Gasteiger partial charge in [-0.3, -0.25) is 4.79 Å². The van der Waals surface area contributed by atoms with Crippen molar-refractivity contribution >= 4 is 5.91 Å². The Hall–Kier alpha value is -0.610. The summed E-state index contributed by atoms with van der Waals surface area (Å²) in [7, 11) is 2.24. The van der Waals surface area contributed by atoms with Gasteiger partial charge in [0.2, 0.25) is 5.91 Å². The van der Waals surface area contributed by atoms with E-state index in [1.54, 1.807) is 0 Å². The second kappa shape index (κ2) is 5.17. The summed E-state index contributed by atoms with van der Waals surface area (Å²) >= 11 is 0. The third kappa shape index (κ3) is 2.69. The third-order valence-electron chi connectivity index (χ3n) is 4.87. The van der Waals surface area contributed by atoms with Crippen LogP contribution in [-0.2, 0) is 4.79 Å². The Balaban J connectivity index is 1.80. The van der Waals surface area contributed by atoms with Crippen molar-refractivity contribution in [1.82, 2.24) is 10.2 Å². The number of piperidine rings is 1. The lowest BCUT2D eigenvalue weighted by molar-refractivity contribution is -0.129. The molecule has 2 heterocycles. The molecule has 2 saturated heterocycles. The van der Waals surface area contributed by atoms with Gasteiger partial charge in [0.15, 0.2) is 0 Å². The molecule has 1 amide bonds. The molecule has 0 aromatic rings. The molecule has 2 aliphatic rings. The van der Waals surface area contributed by atoms with E-state index < -0.39 is 5.41 Å². The number of nitrogens with one attached hydrogen (secondary N) is 1. The zero-order chi connectivity index (χ0) is 13.3. The third-order valence-corrected chi connectivity index (χ3v) is 4.87. The summed E-state index contributed by atoms with van der Waals surface area (Å²) in [5, 5.41) is 3.09. The quantitative estimate of drug-likeness (QED) is 0.784. The predicted octanol–water partition coefficient (Wildman–Crippen LogP) is 0.960. The largest absolute Gasteiger partial charge is 0.355 e. The van der Waals surface area contributed by atoms with E-state index in [9.17, 15) is 4.79 Å². The monoisotopic (exact) mass is 253 g/mol. The molecule has 4 nitrogen and oxygen atoms in total. The predicted molar refractivity (Wildman–Crippen MR) is 73.1 cm³/mol. The molecule has 104 valence electrons. The van der Waals surface area contributed by atoms with Gasteiger partial charge < -0.3 is 16.0 Å². The van der Waals surface area contributed by atoms with Crippen molar-refractivity contribution in [2.24, 2.45) is 17.1 Å². The van der Waals surface area contributed by atoms with Crippen LogP contribution in [0, 0.1) is 11.3 Å². The summed E-state index contributed by atoms with van der Waals surface area (Å²) in [6.45, 7) is 5.03. The van der Waals surface area contributed by atoms with E-state index in [-0.39, 0.29) is 5.91 Å². The van der Waals surface area contributed by atoms with E-state index in [0.29, 0.717) is 12.5 Å². The lowest BCUT2D eigenvalue weighted by Crippen LogP contribution is -2.46. The molecule has 4 heteroatoms. The van der Waals surface area contributed by atoms with Crippen LogP contribution >= 0.6 is 0 Å². The first-order valence-corrected chi connectivity index (χ1v) is 7.14. The maximum absolute atomic E-state index is 12.0. The van der Waals surface area contributed by atoms with Gasteiger partial charge in [0.25, 0.3) is 0 Å². The fourth-order valence-corrected chi connectivity index (χ4v) is 3.26. The van der Waals surface area contributed by atoms with E-state index in [0.717, 1.165) is 18.6 Å². The van der Waals surface area contributed by atoms with Crippen LogP contribution in [0.2, 0.25) is 0 Å². The summed E-state index contributed by atoms with van der Waals surface area (Å²) in [6, 6.07) is 1.49. The van der Waals surface area contributed by atoms with Crippen LogP contribution in [0.25, 0.3) is 0 Å². The van der Waals surface area contributed by atoms with Crippen molar-refractivity contribution < 1.29 is 4.79 Å². The van der Waals surface area contributed by atoms with E-state index >= 15 is 0 Å². The number of rotatable bonds is 4. The Morgan fingerprint density at radius 2 is 1.89 bits per heavy atom. The molecule has 2 bridgehead atoms. The molecule has 2 rings (SSSR count). The number of hydrogen-bond acceptors (Lipinski definition) is 3. The summed E-state index contributed by atoms with van der Waals surface area (Å²) in [5.41, 5.74) is 5.18. The molecule has 0 aromatic heterocycles. The van der Waals surface area contributed by atoms with Gasteiger partial charge in [-0.05, 0) is 52.5 Å². The van der Waals surface area contributed by atoms with Gasteiger partial charge in [0.05, 0.1) is 5.41 Å². The average molecular weight is 253 g/mol. The molecule has 3 N–H and O–H groups in total. The van der Waals surface area contributed by atoms with Crippen LogP contribution in [0.1, 0.15) is 39.5 Å². The molecule has 2 atom stereocenters. The number of nitrogens with two attached hydrogens (primary N) is 1. The van der Waals surface area contributed by atoms with E-state index in [1.165, 1.54) is 25.7 Å². The first-order valence-electron chi connectivity index (χ1n) is 7.14. The van der Waals surface area contributed by atoms with Crippen molar-refractivity contribution in [2.75, 3.05) is 20.1 Å². The lowest BCUT2D eigenvalue weighted by Gasteiger charge is -2.36. The minimum atomic E-state index is -0.440. The highest BCUT2D eigenvalue weighted by molar-refractivity contribution is 5.82. The SMILES string of the molecule is CN1C2CCC1CC(CNC(=O)C(C)(C)CN)C2. The molecule has 0 spiro atoms. The number of hydrogen-bond donors (Lipinski definition) is 2. The number of carbonyl (C=O) groups is 1. The summed E-state index contributed by atoms with van der Waals surface area (Å²) in [6.07, 6.45) is 5.13. The number of carbonyl (C=O) groups excluding carboxylic acids is 1. The van der Waals surface area contributed by atoms with Crippen LogP contribution in [0.3, 0.4) is 0 Å². The van der Waals surface area contributed by atoms with Gasteiger partial charge in [-0.1, -0.05) is 0 Å². The normalized spacial score (nSPS) is 32.6. The Bertz CT molecular complexity index is 302. The minimum absolute atomic E-state index is 0.0938. The summed E-state index contributed by atoms with van der Waals surface area (Å²) in [5.74, 6) is 0.743. The fraction of sp³-hybridized carbons (Fsp3) is 0.929. The van der Waals surface area contributed by atoms with Gasteiger partial charge in [0.1, 0.15) is 0 Å². The molecule has 0 aliphatic carbocycles. The summed E-state index contributed by atoms with van der Waals surface area (Å²) in [4.78, 5) is 14.5. The van der Waals surface area contributed by atoms with E-state index in [2.05, 4.69) is 17.3 Å². The zero-order valence-electron chi connectivity index (χ0n) is 11.9. The summed E-state index contributed by atoms with van der Waals surface area (Å²) < 4.78 is 0. The molecule has 0 radical (unpaired) electrons. The van der Waals surface area contributed by atoms with Crippen LogP contribution in [-0.4, -0.2) is 43.0 Å². The second-order valence-electron chi connectivity index (χ2n) is 6.69. The zero-order valence-corrected chi connectivity index (χ0v) is 11.9. The van der Waals surface area contributed by atoms with Crippen molar-refractivity contribution in [3.63, 3.8) is 0 Å². The Morgan fingerprint density at radius 3 is 2.39 bits per heavy atom. The Morgan fingerprint density at radius 1 is 1.33 bits per heavy atom. The van der Waals surface area contributed by atoms with Crippen molar-refractivity contribution in [3.8, 4) is 0 Å². The molecule has 2 unspecified atom stereocenters. The Kier molecular flexibility index (Phi) is 3.97. The molecular formula is C14H27N3O. The second-order valence-corrected chi connectivity index (χ2v) is 6.69. The fourth-order valence-electron chi connectivity index (χ4n) is 3.26. The van der Waals surface area contributed by atoms with E-state index in [4.69, 9.17) is 5.73 Å². The highest BCUT2D eigenvalue weighted by atomic mass is 16.2. The van der Waals surface area contributed by atoms with Gasteiger partial charge in [-0.25, -0.2) is 0 Å². The molecule has 2 aliphatic heterocycles. The van der Waals surface area contributed by atoms with Gasteiger partial charge in [-0.2, -0.15) is 0 Å². The van der Waals surface area contributed by atoms with Crippen LogP contribution in [0.5, 0.6) is 0 Å². The molecule has 18 heavy (non-hydrogen) atoms. The van der Waals surface area contributed by atoms with Crippen molar-refractivity contribution in [1.29, 1.82) is 0 Å². The molecular weight excluding hydrogens is 226 g/mol. The van der Waals surface area contributed by atoms with Crippen molar-refractivity contribution in [3.05, 3.63) is 0 Å². The number of fused-ring (bicyclic) bond motifs is 2. The van der Waals surface area contributed by atoms with Gasteiger partial charge >= 0.3 is 0 Å². The molecule has 2 fully saturated rings. The maximum Gasteiger partial charge on any atom is 0.226 e. The standard InChI is InChI=1S/C14H27N3O/c1-14(2,9-15)13(18)16-8-10-6-11-4-5-12(7-10)17(11)3/h10-12H,4-9,15H2,1-3H3,(H,16,18). The van der Waals surface area contributed by atoms with Crippen LogP contribution in [0.15, 0.2) is 0 Å². The lowest BCUT2D eigenvalue weighted by atomic mass is 9.89. The highest BCUT2D eigenvalue weighted by Crippen LogP contribution is 2.37. The van der Waals surface area contributed by atoms with Gasteiger partial charge in [0, 0.05) is 25.2 Å². The minimum Gasteiger partial charge on any atom is -0.355 e. The maximum atomic E-state index is 12.0. The first-order chi connectivity index (χ1) is 8.44. The molecule has 0 aromatic carbocycles. The van der Waals surface area contributed by atoms with Crippen LogP contribution in [0.4, 0.5) is 0 Å². The van der Waals surface area contributed by atoms with E-state index in [1.807, 2.05) is 13.8 Å². The number of nitrogens with zero attached hydrogens (tertiary/aromatic N) is 1. The smallest absolute Gasteiger partial charge is 0.226 e. The topological polar surface area (TPSA) is 58.4 Å². The van der Waals surface area contributed by atoms with Crippen LogP contribution < -0.4 is 11.1 Å². The molecule has 0 saturated carbocycles.